The van der Waals surface area contributed by atoms with Gasteiger partial charge in [-0.05, 0) is 45.2 Å². The van der Waals surface area contributed by atoms with Gasteiger partial charge in [0.15, 0.2) is 0 Å². The summed E-state index contributed by atoms with van der Waals surface area (Å²) >= 11 is 0. The highest BCUT2D eigenvalue weighted by atomic mass is 16.7. The van der Waals surface area contributed by atoms with Gasteiger partial charge in [0.25, 0.3) is 0 Å². The Bertz CT molecular complexity index is 1040. The van der Waals surface area contributed by atoms with Crippen molar-refractivity contribution < 1.29 is 19.2 Å². The second-order valence-corrected chi connectivity index (χ2v) is 6.58. The number of fused-ring (bicyclic) bond motifs is 3. The third-order valence-corrected chi connectivity index (χ3v) is 4.65. The van der Waals surface area contributed by atoms with Crippen LogP contribution in [0.4, 0.5) is 0 Å². The van der Waals surface area contributed by atoms with Gasteiger partial charge in [-0.3, -0.25) is 0 Å². The molecule has 0 unspecified atom stereocenters. The van der Waals surface area contributed by atoms with Gasteiger partial charge in [-0.1, -0.05) is 30.3 Å². The van der Waals surface area contributed by atoms with Crippen molar-refractivity contribution >= 4 is 34.5 Å². The minimum absolute atomic E-state index is 0.0624. The third kappa shape index (κ3) is 1.84. The molecule has 0 atom stereocenters. The Hall–Kier alpha value is -1.78. The summed E-state index contributed by atoms with van der Waals surface area (Å²) in [5.41, 5.74) is -0.0980. The molecule has 1 aliphatic rings. The van der Waals surface area contributed by atoms with Gasteiger partial charge in [0.2, 0.25) is 0 Å². The summed E-state index contributed by atoms with van der Waals surface area (Å²) in [4.78, 5) is 0. The molecule has 0 aliphatic carbocycles. The van der Waals surface area contributed by atoms with Crippen molar-refractivity contribution in [3.63, 3.8) is 0 Å². The lowest BCUT2D eigenvalue weighted by atomic mass is 9.76. The van der Waals surface area contributed by atoms with Gasteiger partial charge in [0.05, 0.1) is 16.7 Å². The van der Waals surface area contributed by atoms with E-state index in [9.17, 15) is 0 Å². The van der Waals surface area contributed by atoms with Crippen LogP contribution in [-0.4, -0.2) is 18.3 Å². The molecule has 1 fully saturated rings. The third-order valence-electron chi connectivity index (χ3n) is 4.65. The van der Waals surface area contributed by atoms with Crippen LogP contribution in [0.15, 0.2) is 46.8 Å². The van der Waals surface area contributed by atoms with Crippen LogP contribution in [0.2, 0.25) is 0 Å². The molecule has 3 nitrogen and oxygen atoms in total. The number of para-hydroxylation sites is 1. The molecule has 0 amide bonds. The Kier molecular flexibility index (Phi) is 2.00. The van der Waals surface area contributed by atoms with E-state index in [1.807, 2.05) is 27.7 Å². The first-order valence-corrected chi connectivity index (χ1v) is 7.31. The summed E-state index contributed by atoms with van der Waals surface area (Å²) in [5.74, 6) is 0. The van der Waals surface area contributed by atoms with E-state index in [4.69, 9.17) is 19.2 Å². The van der Waals surface area contributed by atoms with Crippen molar-refractivity contribution in [1.82, 2.24) is 0 Å². The van der Waals surface area contributed by atoms with Crippen molar-refractivity contribution in [2.75, 3.05) is 0 Å². The smallest absolute Gasteiger partial charge is 0.456 e. The Morgan fingerprint density at radius 3 is 2.36 bits per heavy atom. The maximum absolute atomic E-state index is 8.42. The van der Waals surface area contributed by atoms with E-state index in [1.54, 1.807) is 6.07 Å². The first-order chi connectivity index (χ1) is 12.0. The molecule has 1 aromatic heterocycles. The second-order valence-electron chi connectivity index (χ2n) is 6.58. The van der Waals surface area contributed by atoms with Crippen LogP contribution >= 0.6 is 0 Å². The highest BCUT2D eigenvalue weighted by molar-refractivity contribution is 6.66. The predicted molar refractivity (Wildman–Crippen MR) is 89.4 cm³/mol. The van der Waals surface area contributed by atoms with Crippen molar-refractivity contribution in [2.45, 2.75) is 38.9 Å². The van der Waals surface area contributed by atoms with Crippen LogP contribution in [0.5, 0.6) is 0 Å². The lowest BCUT2D eigenvalue weighted by Crippen LogP contribution is -2.41. The summed E-state index contributed by atoms with van der Waals surface area (Å²) in [7, 11) is -0.792. The van der Waals surface area contributed by atoms with Gasteiger partial charge in [0, 0.05) is 10.8 Å². The predicted octanol–water partition coefficient (Wildman–Crippen LogP) is 3.89. The zero-order valence-electron chi connectivity index (χ0n) is 17.0. The Balaban J connectivity index is 2.07. The van der Waals surface area contributed by atoms with Gasteiger partial charge in [-0.2, -0.15) is 0 Å². The Morgan fingerprint density at radius 1 is 0.955 bits per heavy atom. The minimum atomic E-state index is -0.792. The van der Waals surface area contributed by atoms with Gasteiger partial charge in [0.1, 0.15) is 11.2 Å². The molecule has 0 bridgehead atoms. The quantitative estimate of drug-likeness (QED) is 0.639. The number of hydrogen-bond acceptors (Lipinski definition) is 3. The van der Waals surface area contributed by atoms with Crippen molar-refractivity contribution in [2.24, 2.45) is 0 Å². The van der Waals surface area contributed by atoms with E-state index in [0.29, 0.717) is 21.8 Å². The van der Waals surface area contributed by atoms with Crippen LogP contribution < -0.4 is 5.46 Å². The zero-order valence-corrected chi connectivity index (χ0v) is 13.0. The van der Waals surface area contributed by atoms with E-state index < -0.39 is 18.3 Å². The summed E-state index contributed by atoms with van der Waals surface area (Å²) in [6.07, 6.45) is 0. The monoisotopic (exact) mass is 298 g/mol. The fraction of sp³-hybridized carbons (Fsp3) is 0.333. The highest BCUT2D eigenvalue weighted by Gasteiger charge is 2.52. The maximum Gasteiger partial charge on any atom is 0.495 e. The lowest BCUT2D eigenvalue weighted by Gasteiger charge is -2.32. The largest absolute Gasteiger partial charge is 0.495 e. The molecular formula is C18H19BO3. The molecule has 1 aliphatic heterocycles. The van der Waals surface area contributed by atoms with E-state index >= 15 is 0 Å². The van der Waals surface area contributed by atoms with E-state index in [-0.39, 0.29) is 29.8 Å². The second kappa shape index (κ2) is 4.37. The van der Waals surface area contributed by atoms with E-state index in [2.05, 4.69) is 0 Å². The normalized spacial score (nSPS) is 22.6. The highest BCUT2D eigenvalue weighted by Crippen LogP contribution is 2.37. The Labute approximate surface area is 136 Å². The number of furan rings is 1. The lowest BCUT2D eigenvalue weighted by molar-refractivity contribution is 0.00578. The van der Waals surface area contributed by atoms with Gasteiger partial charge in [-0.15, -0.1) is 0 Å². The SMILES string of the molecule is [2H]c1cc([2H])c2oc3c([2H])cc([2H])c(B4OC(C)(C)C(C)(C)O4)c3c2c1. The molecule has 0 N–H and O–H groups in total. The molecule has 4 rings (SSSR count). The Morgan fingerprint density at radius 2 is 1.64 bits per heavy atom. The fourth-order valence-corrected chi connectivity index (χ4v) is 2.69. The van der Waals surface area contributed by atoms with Crippen LogP contribution in [0.25, 0.3) is 21.9 Å². The van der Waals surface area contributed by atoms with Crippen LogP contribution in [0.3, 0.4) is 0 Å². The van der Waals surface area contributed by atoms with Gasteiger partial charge < -0.3 is 13.7 Å². The van der Waals surface area contributed by atoms with Crippen molar-refractivity contribution in [3.8, 4) is 0 Å². The number of rotatable bonds is 1. The van der Waals surface area contributed by atoms with E-state index in [0.717, 1.165) is 0 Å². The maximum atomic E-state index is 8.42. The minimum Gasteiger partial charge on any atom is -0.456 e. The molecule has 3 aromatic rings. The number of hydrogen-bond donors (Lipinski definition) is 0. The molecule has 0 spiro atoms. The van der Waals surface area contributed by atoms with Crippen LogP contribution in [0.1, 0.15) is 33.2 Å². The number of benzene rings is 2. The summed E-state index contributed by atoms with van der Waals surface area (Å²) < 4.78 is 50.6. The topological polar surface area (TPSA) is 31.6 Å². The van der Waals surface area contributed by atoms with E-state index in [1.165, 1.54) is 12.1 Å². The van der Waals surface area contributed by atoms with Crippen LogP contribution in [-0.2, 0) is 9.31 Å². The van der Waals surface area contributed by atoms with Crippen molar-refractivity contribution in [1.29, 1.82) is 0 Å². The molecule has 0 saturated carbocycles. The first kappa shape index (κ1) is 10.1. The van der Waals surface area contributed by atoms with Crippen LogP contribution in [0, 0.1) is 0 Å². The molecule has 2 aromatic carbocycles. The van der Waals surface area contributed by atoms with Gasteiger partial charge >= 0.3 is 7.12 Å². The molecule has 1 saturated heterocycles. The van der Waals surface area contributed by atoms with Crippen molar-refractivity contribution in [3.05, 3.63) is 42.4 Å². The molecule has 22 heavy (non-hydrogen) atoms. The summed E-state index contributed by atoms with van der Waals surface area (Å²) in [5, 5.41) is 1.04. The summed E-state index contributed by atoms with van der Waals surface area (Å²) in [6.45, 7) is 7.74. The summed E-state index contributed by atoms with van der Waals surface area (Å²) in [6, 6.07) is 4.81. The van der Waals surface area contributed by atoms with Gasteiger partial charge in [-0.25, -0.2) is 0 Å². The standard InChI is InChI=1S/C18H19BO3/c1-17(2)18(3,4)22-19(21-17)13-9-7-11-15-16(13)12-8-5-6-10-14(12)20-15/h5-11H,1-4H3/i5D,9D,10D,11D. The molecular weight excluding hydrogens is 275 g/mol. The average molecular weight is 298 g/mol. The fourth-order valence-electron chi connectivity index (χ4n) is 2.69. The molecule has 0 radical (unpaired) electrons. The molecule has 4 heteroatoms. The average Bonchev–Trinajstić information content (AvgIpc) is 2.95. The zero-order chi connectivity index (χ0) is 19.0. The first-order valence-electron chi connectivity index (χ1n) is 9.31. The molecule has 2 heterocycles. The molecule has 112 valence electrons.